The number of nitrogens with one attached hydrogen (secondary N) is 1. The SMILES string of the molecule is CCOc1cc(C(=O)NN=C(CC)c2ccc(Cl)cc2Cl)cc(OCC)c1OCC. The third kappa shape index (κ3) is 6.03. The Bertz CT molecular complexity index is 889. The molecule has 0 aromatic heterocycles. The van der Waals surface area contributed by atoms with E-state index in [-0.39, 0.29) is 0 Å². The monoisotopic (exact) mass is 452 g/mol. The first-order valence-electron chi connectivity index (χ1n) is 9.83. The average molecular weight is 453 g/mol. The first-order valence-corrected chi connectivity index (χ1v) is 10.6. The van der Waals surface area contributed by atoms with Crippen LogP contribution in [0.4, 0.5) is 0 Å². The molecule has 30 heavy (non-hydrogen) atoms. The molecule has 0 saturated carbocycles. The van der Waals surface area contributed by atoms with Crippen LogP contribution in [0.5, 0.6) is 17.2 Å². The summed E-state index contributed by atoms with van der Waals surface area (Å²) in [5.41, 5.74) is 4.26. The van der Waals surface area contributed by atoms with Crippen LogP contribution >= 0.6 is 23.2 Å². The van der Waals surface area contributed by atoms with Crippen molar-refractivity contribution in [2.45, 2.75) is 34.1 Å². The van der Waals surface area contributed by atoms with Gasteiger partial charge in [0.25, 0.3) is 5.91 Å². The molecule has 0 radical (unpaired) electrons. The molecule has 1 amide bonds. The maximum atomic E-state index is 12.8. The zero-order valence-corrected chi connectivity index (χ0v) is 19.1. The molecule has 0 aliphatic carbocycles. The molecule has 0 bridgehead atoms. The van der Waals surface area contributed by atoms with Gasteiger partial charge in [0.2, 0.25) is 5.75 Å². The van der Waals surface area contributed by atoms with Crippen LogP contribution in [0.3, 0.4) is 0 Å². The Morgan fingerprint density at radius 2 is 1.53 bits per heavy atom. The first kappa shape index (κ1) is 23.8. The number of hydrazone groups is 1. The van der Waals surface area contributed by atoms with E-state index in [1.807, 2.05) is 27.7 Å². The number of carbonyl (C=O) groups is 1. The maximum absolute atomic E-state index is 12.8. The highest BCUT2D eigenvalue weighted by molar-refractivity contribution is 6.37. The van der Waals surface area contributed by atoms with Crippen molar-refractivity contribution in [2.75, 3.05) is 19.8 Å². The van der Waals surface area contributed by atoms with Crippen LogP contribution in [-0.4, -0.2) is 31.4 Å². The number of halogens is 2. The highest BCUT2D eigenvalue weighted by Gasteiger charge is 2.18. The number of amides is 1. The van der Waals surface area contributed by atoms with E-state index < -0.39 is 5.91 Å². The van der Waals surface area contributed by atoms with Gasteiger partial charge in [0, 0.05) is 16.1 Å². The van der Waals surface area contributed by atoms with Gasteiger partial charge in [0.1, 0.15) is 0 Å². The lowest BCUT2D eigenvalue weighted by Crippen LogP contribution is -2.20. The summed E-state index contributed by atoms with van der Waals surface area (Å²) >= 11 is 12.2. The van der Waals surface area contributed by atoms with Gasteiger partial charge < -0.3 is 14.2 Å². The first-order chi connectivity index (χ1) is 14.4. The zero-order valence-electron chi connectivity index (χ0n) is 17.6. The van der Waals surface area contributed by atoms with Crippen molar-refractivity contribution in [1.29, 1.82) is 0 Å². The van der Waals surface area contributed by atoms with Crippen LogP contribution in [-0.2, 0) is 0 Å². The molecule has 162 valence electrons. The van der Waals surface area contributed by atoms with Crippen molar-refractivity contribution in [3.63, 3.8) is 0 Å². The van der Waals surface area contributed by atoms with Crippen molar-refractivity contribution < 1.29 is 19.0 Å². The minimum Gasteiger partial charge on any atom is -0.490 e. The molecule has 6 nitrogen and oxygen atoms in total. The molecule has 0 heterocycles. The summed E-state index contributed by atoms with van der Waals surface area (Å²) in [4.78, 5) is 12.8. The summed E-state index contributed by atoms with van der Waals surface area (Å²) in [6, 6.07) is 8.37. The Labute approximate surface area is 187 Å². The fourth-order valence-corrected chi connectivity index (χ4v) is 3.27. The lowest BCUT2D eigenvalue weighted by atomic mass is 10.1. The van der Waals surface area contributed by atoms with Crippen molar-refractivity contribution in [1.82, 2.24) is 5.43 Å². The molecule has 0 atom stereocenters. The molecule has 8 heteroatoms. The van der Waals surface area contributed by atoms with Gasteiger partial charge in [-0.1, -0.05) is 36.2 Å². The van der Waals surface area contributed by atoms with E-state index in [4.69, 9.17) is 37.4 Å². The van der Waals surface area contributed by atoms with Gasteiger partial charge in [0.15, 0.2) is 11.5 Å². The molecule has 0 aliphatic rings. The normalized spacial score (nSPS) is 11.2. The fraction of sp³-hybridized carbons (Fsp3) is 0.364. The predicted octanol–water partition coefficient (Wildman–Crippen LogP) is 5.73. The molecule has 2 aromatic carbocycles. The van der Waals surface area contributed by atoms with Gasteiger partial charge in [-0.05, 0) is 51.5 Å². The van der Waals surface area contributed by atoms with Gasteiger partial charge in [-0.25, -0.2) is 5.43 Å². The Balaban J connectivity index is 2.35. The number of hydrogen-bond acceptors (Lipinski definition) is 5. The number of ether oxygens (including phenoxy) is 3. The van der Waals surface area contributed by atoms with Crippen LogP contribution < -0.4 is 19.6 Å². The standard InChI is InChI=1S/C22H26Cl2N2O4/c1-5-18(16-10-9-15(23)13-17(16)24)25-26-22(27)14-11-19(28-6-2)21(30-8-4)20(12-14)29-7-3/h9-13H,5-8H2,1-4H3,(H,26,27). The number of carbonyl (C=O) groups excluding carboxylic acids is 1. The Kier molecular flexibility index (Phi) is 9.27. The Morgan fingerprint density at radius 3 is 2.03 bits per heavy atom. The second kappa shape index (κ2) is 11.7. The van der Waals surface area contributed by atoms with Gasteiger partial charge >= 0.3 is 0 Å². The van der Waals surface area contributed by atoms with E-state index in [1.54, 1.807) is 30.3 Å². The number of rotatable bonds is 10. The molecular weight excluding hydrogens is 427 g/mol. The summed E-state index contributed by atoms with van der Waals surface area (Å²) < 4.78 is 17.0. The lowest BCUT2D eigenvalue weighted by Gasteiger charge is -2.16. The number of benzene rings is 2. The third-order valence-corrected chi connectivity index (χ3v) is 4.59. The summed E-state index contributed by atoms with van der Waals surface area (Å²) in [7, 11) is 0. The van der Waals surface area contributed by atoms with E-state index in [9.17, 15) is 4.79 Å². The summed E-state index contributed by atoms with van der Waals surface area (Å²) in [5.74, 6) is 0.950. The maximum Gasteiger partial charge on any atom is 0.271 e. The summed E-state index contributed by atoms with van der Waals surface area (Å²) in [6.07, 6.45) is 0.569. The van der Waals surface area contributed by atoms with E-state index >= 15 is 0 Å². The number of nitrogens with zero attached hydrogens (tertiary/aromatic N) is 1. The Morgan fingerprint density at radius 1 is 0.933 bits per heavy atom. The van der Waals surface area contributed by atoms with Crippen LogP contribution in [0, 0.1) is 0 Å². The smallest absolute Gasteiger partial charge is 0.271 e. The van der Waals surface area contributed by atoms with E-state index in [2.05, 4.69) is 10.5 Å². The molecule has 2 aromatic rings. The van der Waals surface area contributed by atoms with Crippen molar-refractivity contribution >= 4 is 34.8 Å². The van der Waals surface area contributed by atoms with Crippen molar-refractivity contribution in [3.05, 3.63) is 51.5 Å². The molecule has 0 aliphatic heterocycles. The quantitative estimate of drug-likeness (QED) is 0.368. The van der Waals surface area contributed by atoms with E-state index in [0.717, 1.165) is 0 Å². The number of hydrogen-bond donors (Lipinski definition) is 1. The van der Waals surface area contributed by atoms with Crippen molar-refractivity contribution in [3.8, 4) is 17.2 Å². The highest BCUT2D eigenvalue weighted by Crippen LogP contribution is 2.39. The summed E-state index contributed by atoms with van der Waals surface area (Å²) in [6.45, 7) is 8.79. The van der Waals surface area contributed by atoms with E-state index in [0.29, 0.717) is 70.4 Å². The van der Waals surface area contributed by atoms with E-state index in [1.165, 1.54) is 0 Å². The van der Waals surface area contributed by atoms with Gasteiger partial charge in [0.05, 0.1) is 30.6 Å². The average Bonchev–Trinajstić information content (AvgIpc) is 2.72. The lowest BCUT2D eigenvalue weighted by molar-refractivity contribution is 0.0953. The minimum absolute atomic E-state index is 0.340. The van der Waals surface area contributed by atoms with Gasteiger partial charge in [-0.15, -0.1) is 0 Å². The fourth-order valence-electron chi connectivity index (χ4n) is 2.76. The molecule has 1 N–H and O–H groups in total. The highest BCUT2D eigenvalue weighted by atomic mass is 35.5. The Hall–Kier alpha value is -2.44. The second-order valence-corrected chi connectivity index (χ2v) is 6.92. The molecular formula is C22H26Cl2N2O4. The topological polar surface area (TPSA) is 69.2 Å². The molecule has 0 spiro atoms. The predicted molar refractivity (Wildman–Crippen MR) is 121 cm³/mol. The van der Waals surface area contributed by atoms with Crippen LogP contribution in [0.15, 0.2) is 35.4 Å². The minimum atomic E-state index is -0.406. The molecule has 0 unspecified atom stereocenters. The van der Waals surface area contributed by atoms with Gasteiger partial charge in [-0.3, -0.25) is 4.79 Å². The molecule has 2 rings (SSSR count). The van der Waals surface area contributed by atoms with Crippen LogP contribution in [0.1, 0.15) is 50.0 Å². The van der Waals surface area contributed by atoms with Crippen molar-refractivity contribution in [2.24, 2.45) is 5.10 Å². The second-order valence-electron chi connectivity index (χ2n) is 6.08. The third-order valence-electron chi connectivity index (χ3n) is 4.04. The largest absolute Gasteiger partial charge is 0.490 e. The van der Waals surface area contributed by atoms with Crippen LogP contribution in [0.25, 0.3) is 0 Å². The molecule has 0 saturated heterocycles. The zero-order chi connectivity index (χ0) is 22.1. The van der Waals surface area contributed by atoms with Gasteiger partial charge in [-0.2, -0.15) is 5.10 Å². The summed E-state index contributed by atoms with van der Waals surface area (Å²) in [5, 5.41) is 5.27. The van der Waals surface area contributed by atoms with Crippen LogP contribution in [0.2, 0.25) is 10.0 Å². The molecule has 0 fully saturated rings.